The van der Waals surface area contributed by atoms with Gasteiger partial charge in [0.15, 0.2) is 5.78 Å². The molecule has 1 heterocycles. The van der Waals surface area contributed by atoms with Gasteiger partial charge in [0.2, 0.25) is 0 Å². The van der Waals surface area contributed by atoms with E-state index in [9.17, 15) is 4.79 Å². The van der Waals surface area contributed by atoms with Crippen LogP contribution in [0.15, 0.2) is 36.7 Å². The Morgan fingerprint density at radius 2 is 1.94 bits per heavy atom. The third kappa shape index (κ3) is 2.91. The predicted molar refractivity (Wildman–Crippen MR) is 67.8 cm³/mol. The number of carbonyl (C=O) groups is 1. The van der Waals surface area contributed by atoms with E-state index in [1.165, 1.54) is 0 Å². The molecule has 0 radical (unpaired) electrons. The highest BCUT2D eigenvalue weighted by molar-refractivity contribution is 5.97. The van der Waals surface area contributed by atoms with E-state index in [4.69, 9.17) is 4.74 Å². The molecule has 4 heteroatoms. The normalized spacial score (nSPS) is 10.1. The predicted octanol–water partition coefficient (Wildman–Crippen LogP) is 2.22. The zero-order valence-electron chi connectivity index (χ0n) is 10.4. The molecule has 2 aromatic rings. The number of aromatic nitrogens is 2. The monoisotopic (exact) mass is 242 g/mol. The molecule has 2 rings (SSSR count). The Morgan fingerprint density at radius 1 is 1.22 bits per heavy atom. The van der Waals surface area contributed by atoms with Crippen LogP contribution in [0.5, 0.6) is 5.75 Å². The molecule has 0 N–H and O–H groups in total. The second kappa shape index (κ2) is 5.40. The lowest BCUT2D eigenvalue weighted by atomic mass is 10.1. The standard InChI is InChI=1S/C14H14N2O2/c1-10-8-15-9-12(16-10)7-14(17)11-3-5-13(18-2)6-4-11/h3-6,8-9H,7H2,1-2H3. The van der Waals surface area contributed by atoms with E-state index in [1.54, 1.807) is 43.8 Å². The van der Waals surface area contributed by atoms with Gasteiger partial charge in [-0.2, -0.15) is 0 Å². The smallest absolute Gasteiger partial charge is 0.168 e. The second-order valence-corrected chi connectivity index (χ2v) is 3.98. The number of aryl methyl sites for hydroxylation is 1. The first-order chi connectivity index (χ1) is 8.69. The molecule has 1 aromatic carbocycles. The molecule has 0 bridgehead atoms. The van der Waals surface area contributed by atoms with Crippen LogP contribution >= 0.6 is 0 Å². The highest BCUT2D eigenvalue weighted by Gasteiger charge is 2.08. The van der Waals surface area contributed by atoms with Crippen LogP contribution in [0, 0.1) is 6.92 Å². The minimum atomic E-state index is 0.0255. The summed E-state index contributed by atoms with van der Waals surface area (Å²) in [5.41, 5.74) is 2.16. The molecule has 1 aromatic heterocycles. The van der Waals surface area contributed by atoms with Crippen LogP contribution in [-0.2, 0) is 6.42 Å². The van der Waals surface area contributed by atoms with E-state index in [-0.39, 0.29) is 12.2 Å². The van der Waals surface area contributed by atoms with Crippen LogP contribution in [0.4, 0.5) is 0 Å². The minimum absolute atomic E-state index is 0.0255. The largest absolute Gasteiger partial charge is 0.497 e. The fourth-order valence-electron chi connectivity index (χ4n) is 1.64. The van der Waals surface area contributed by atoms with Gasteiger partial charge in [0.25, 0.3) is 0 Å². The summed E-state index contributed by atoms with van der Waals surface area (Å²) in [6.07, 6.45) is 3.55. The van der Waals surface area contributed by atoms with E-state index in [1.807, 2.05) is 6.92 Å². The van der Waals surface area contributed by atoms with E-state index in [2.05, 4.69) is 9.97 Å². The number of ketones is 1. The van der Waals surface area contributed by atoms with Crippen LogP contribution in [0.2, 0.25) is 0 Å². The molecule has 18 heavy (non-hydrogen) atoms. The van der Waals surface area contributed by atoms with Gasteiger partial charge in [-0.25, -0.2) is 0 Å². The first-order valence-corrected chi connectivity index (χ1v) is 5.64. The average Bonchev–Trinajstić information content (AvgIpc) is 2.39. The van der Waals surface area contributed by atoms with Crippen LogP contribution < -0.4 is 4.74 Å². The van der Waals surface area contributed by atoms with Crippen LogP contribution in [0.1, 0.15) is 21.7 Å². The molecule has 0 aliphatic heterocycles. The van der Waals surface area contributed by atoms with Gasteiger partial charge >= 0.3 is 0 Å². The molecule has 0 fully saturated rings. The van der Waals surface area contributed by atoms with Crippen LogP contribution in [0.25, 0.3) is 0 Å². The summed E-state index contributed by atoms with van der Waals surface area (Å²) in [4.78, 5) is 20.3. The van der Waals surface area contributed by atoms with Crippen molar-refractivity contribution in [1.82, 2.24) is 9.97 Å². The topological polar surface area (TPSA) is 52.1 Å². The highest BCUT2D eigenvalue weighted by atomic mass is 16.5. The quantitative estimate of drug-likeness (QED) is 0.771. The van der Waals surface area contributed by atoms with Gasteiger partial charge in [-0.05, 0) is 31.2 Å². The Labute approximate surface area is 106 Å². The maximum Gasteiger partial charge on any atom is 0.168 e. The zero-order chi connectivity index (χ0) is 13.0. The summed E-state index contributed by atoms with van der Waals surface area (Å²) in [5, 5.41) is 0. The number of nitrogens with zero attached hydrogens (tertiary/aromatic N) is 2. The van der Waals surface area contributed by atoms with Gasteiger partial charge < -0.3 is 4.74 Å². The van der Waals surface area contributed by atoms with E-state index < -0.39 is 0 Å². The summed E-state index contributed by atoms with van der Waals surface area (Å²) in [6.45, 7) is 1.86. The number of benzene rings is 1. The van der Waals surface area contributed by atoms with Crippen molar-refractivity contribution in [2.24, 2.45) is 0 Å². The summed E-state index contributed by atoms with van der Waals surface area (Å²) in [5.74, 6) is 0.763. The van der Waals surface area contributed by atoms with Crippen molar-refractivity contribution in [3.8, 4) is 5.75 Å². The highest BCUT2D eigenvalue weighted by Crippen LogP contribution is 2.13. The van der Waals surface area contributed by atoms with Crippen molar-refractivity contribution in [2.45, 2.75) is 13.3 Å². The van der Waals surface area contributed by atoms with E-state index in [0.717, 1.165) is 11.4 Å². The second-order valence-electron chi connectivity index (χ2n) is 3.98. The maximum absolute atomic E-state index is 12.0. The minimum Gasteiger partial charge on any atom is -0.497 e. The SMILES string of the molecule is COc1ccc(C(=O)Cc2cncc(C)n2)cc1. The molecule has 0 spiro atoms. The first-order valence-electron chi connectivity index (χ1n) is 5.64. The summed E-state index contributed by atoms with van der Waals surface area (Å²) in [6, 6.07) is 7.05. The molecule has 0 saturated carbocycles. The van der Waals surface area contributed by atoms with Gasteiger partial charge in [0.05, 0.1) is 24.9 Å². The molecule has 0 atom stereocenters. The lowest BCUT2D eigenvalue weighted by Crippen LogP contribution is -2.06. The fraction of sp³-hybridized carbons (Fsp3) is 0.214. The van der Waals surface area contributed by atoms with Gasteiger partial charge in [0.1, 0.15) is 5.75 Å². The van der Waals surface area contributed by atoms with Gasteiger partial charge in [-0.3, -0.25) is 14.8 Å². The van der Waals surface area contributed by atoms with Gasteiger partial charge in [-0.1, -0.05) is 0 Å². The van der Waals surface area contributed by atoms with Crippen molar-refractivity contribution < 1.29 is 9.53 Å². The lowest BCUT2D eigenvalue weighted by molar-refractivity contribution is 0.0992. The molecule has 4 nitrogen and oxygen atoms in total. The molecule has 0 unspecified atom stereocenters. The van der Waals surface area contributed by atoms with E-state index in [0.29, 0.717) is 11.3 Å². The molecule has 0 aliphatic rings. The van der Waals surface area contributed by atoms with Crippen molar-refractivity contribution in [3.63, 3.8) is 0 Å². The number of ether oxygens (including phenoxy) is 1. The van der Waals surface area contributed by atoms with Crippen molar-refractivity contribution in [2.75, 3.05) is 7.11 Å². The Bertz CT molecular complexity index is 550. The molecular weight excluding hydrogens is 228 g/mol. The van der Waals surface area contributed by atoms with Crippen LogP contribution in [0.3, 0.4) is 0 Å². The summed E-state index contributed by atoms with van der Waals surface area (Å²) < 4.78 is 5.05. The third-order valence-electron chi connectivity index (χ3n) is 2.56. The Balaban J connectivity index is 2.11. The number of hydrogen-bond donors (Lipinski definition) is 0. The molecule has 0 amide bonds. The van der Waals surface area contributed by atoms with Gasteiger partial charge in [0, 0.05) is 18.0 Å². The molecular formula is C14H14N2O2. The van der Waals surface area contributed by atoms with Crippen molar-refractivity contribution in [3.05, 3.63) is 53.6 Å². The van der Waals surface area contributed by atoms with Crippen molar-refractivity contribution in [1.29, 1.82) is 0 Å². The Morgan fingerprint density at radius 3 is 2.56 bits per heavy atom. The number of Topliss-reactive ketones (excluding diaryl/α,β-unsaturated/α-hetero) is 1. The van der Waals surface area contributed by atoms with Crippen LogP contribution in [-0.4, -0.2) is 22.9 Å². The first kappa shape index (κ1) is 12.2. The molecule has 0 aliphatic carbocycles. The lowest BCUT2D eigenvalue weighted by Gasteiger charge is -2.03. The van der Waals surface area contributed by atoms with Crippen molar-refractivity contribution >= 4 is 5.78 Å². The number of hydrogen-bond acceptors (Lipinski definition) is 4. The van der Waals surface area contributed by atoms with Gasteiger partial charge in [-0.15, -0.1) is 0 Å². The molecule has 0 saturated heterocycles. The summed E-state index contributed by atoms with van der Waals surface area (Å²) in [7, 11) is 1.60. The Kier molecular flexibility index (Phi) is 3.67. The maximum atomic E-state index is 12.0. The van der Waals surface area contributed by atoms with E-state index >= 15 is 0 Å². The fourth-order valence-corrected chi connectivity index (χ4v) is 1.64. The Hall–Kier alpha value is -2.23. The average molecular weight is 242 g/mol. The molecule has 92 valence electrons. The number of methoxy groups -OCH3 is 1. The third-order valence-corrected chi connectivity index (χ3v) is 2.56. The number of rotatable bonds is 4. The zero-order valence-corrected chi connectivity index (χ0v) is 10.4. The number of carbonyl (C=O) groups excluding carboxylic acids is 1. The summed E-state index contributed by atoms with van der Waals surface area (Å²) >= 11 is 0.